The van der Waals surface area contributed by atoms with Crippen LogP contribution in [0, 0.1) is 0 Å². The van der Waals surface area contributed by atoms with Crippen LogP contribution < -0.4 is 5.73 Å². The third-order valence-corrected chi connectivity index (χ3v) is 4.09. The normalized spacial score (nSPS) is 24.9. The number of rotatable bonds is 3. The number of esters is 1. The predicted octanol–water partition coefficient (Wildman–Crippen LogP) is 0.737. The summed E-state index contributed by atoms with van der Waals surface area (Å²) < 4.78 is 18.4. The second kappa shape index (κ2) is 6.03. The van der Waals surface area contributed by atoms with E-state index in [2.05, 4.69) is 5.10 Å². The molecule has 0 bridgehead atoms. The Bertz CT molecular complexity index is 491. The Kier molecular flexibility index (Phi) is 4.12. The maximum absolute atomic E-state index is 12.0. The van der Waals surface area contributed by atoms with Crippen molar-refractivity contribution in [2.75, 3.05) is 25.6 Å². The van der Waals surface area contributed by atoms with E-state index in [1.165, 1.54) is 10.9 Å². The fourth-order valence-electron chi connectivity index (χ4n) is 3.00. The Morgan fingerprint density at radius 3 is 3.00 bits per heavy atom. The molecule has 0 amide bonds. The van der Waals surface area contributed by atoms with Crippen LogP contribution in [0.3, 0.4) is 0 Å². The molecule has 7 nitrogen and oxygen atoms in total. The van der Waals surface area contributed by atoms with Crippen LogP contribution in [0.2, 0.25) is 0 Å². The van der Waals surface area contributed by atoms with Crippen LogP contribution in [0.5, 0.6) is 0 Å². The zero-order chi connectivity index (χ0) is 14.7. The second-order valence-electron chi connectivity index (χ2n) is 5.72. The van der Waals surface area contributed by atoms with Crippen LogP contribution in [0.1, 0.15) is 25.7 Å². The molecular weight excluding hydrogens is 274 g/mol. The lowest BCUT2D eigenvalue weighted by Gasteiger charge is -2.42. The molecule has 1 spiro atoms. The maximum atomic E-state index is 12.0. The van der Waals surface area contributed by atoms with Gasteiger partial charge in [-0.05, 0) is 12.8 Å². The highest BCUT2D eigenvalue weighted by molar-refractivity contribution is 5.69. The lowest BCUT2D eigenvalue weighted by atomic mass is 9.85. The summed E-state index contributed by atoms with van der Waals surface area (Å²) in [7, 11) is 0. The first-order chi connectivity index (χ1) is 10.2. The molecule has 3 heterocycles. The van der Waals surface area contributed by atoms with Crippen LogP contribution in [0.15, 0.2) is 12.4 Å². The Morgan fingerprint density at radius 2 is 2.29 bits per heavy atom. The van der Waals surface area contributed by atoms with E-state index in [9.17, 15) is 4.79 Å². The summed E-state index contributed by atoms with van der Waals surface area (Å²) in [6.07, 6.45) is 6.29. The third-order valence-electron chi connectivity index (χ3n) is 4.09. The SMILES string of the molecule is Nc1cnn(CC(=O)OC2CCOC3(CCOCC3)C2)c1. The minimum atomic E-state index is -0.285. The molecule has 1 unspecified atom stereocenters. The summed E-state index contributed by atoms with van der Waals surface area (Å²) in [6.45, 7) is 2.15. The smallest absolute Gasteiger partial charge is 0.328 e. The fraction of sp³-hybridized carbons (Fsp3) is 0.714. The molecule has 1 atom stereocenters. The van der Waals surface area contributed by atoms with Gasteiger partial charge in [-0.25, -0.2) is 0 Å². The number of aromatic nitrogens is 2. The zero-order valence-electron chi connectivity index (χ0n) is 12.0. The van der Waals surface area contributed by atoms with E-state index in [4.69, 9.17) is 19.9 Å². The summed E-state index contributed by atoms with van der Waals surface area (Å²) >= 11 is 0. The Hall–Kier alpha value is -1.60. The molecule has 0 radical (unpaired) electrons. The molecule has 116 valence electrons. The van der Waals surface area contributed by atoms with Crippen molar-refractivity contribution in [1.82, 2.24) is 9.78 Å². The topological polar surface area (TPSA) is 88.6 Å². The maximum Gasteiger partial charge on any atom is 0.328 e. The third kappa shape index (κ3) is 3.54. The van der Waals surface area contributed by atoms with Gasteiger partial charge in [0.15, 0.2) is 0 Å². The molecule has 2 saturated heterocycles. The Labute approximate surface area is 123 Å². The van der Waals surface area contributed by atoms with E-state index in [1.807, 2.05) is 0 Å². The molecular formula is C14H21N3O4. The van der Waals surface area contributed by atoms with Crippen molar-refractivity contribution < 1.29 is 19.0 Å². The van der Waals surface area contributed by atoms with Gasteiger partial charge in [0.25, 0.3) is 0 Å². The van der Waals surface area contributed by atoms with Gasteiger partial charge in [0.05, 0.1) is 24.1 Å². The second-order valence-corrected chi connectivity index (χ2v) is 5.72. The van der Waals surface area contributed by atoms with Gasteiger partial charge in [-0.15, -0.1) is 0 Å². The molecule has 0 aliphatic carbocycles. The Morgan fingerprint density at radius 1 is 1.48 bits per heavy atom. The number of nitrogens with two attached hydrogens (primary N) is 1. The van der Waals surface area contributed by atoms with Crippen LogP contribution >= 0.6 is 0 Å². The molecule has 2 fully saturated rings. The van der Waals surface area contributed by atoms with Gasteiger partial charge < -0.3 is 19.9 Å². The molecule has 21 heavy (non-hydrogen) atoms. The number of nitrogens with zero attached hydrogens (tertiary/aromatic N) is 2. The largest absolute Gasteiger partial charge is 0.461 e. The number of carbonyl (C=O) groups excluding carboxylic acids is 1. The van der Waals surface area contributed by atoms with Gasteiger partial charge in [-0.1, -0.05) is 0 Å². The lowest BCUT2D eigenvalue weighted by molar-refractivity contribution is -0.180. The van der Waals surface area contributed by atoms with Crippen LogP contribution in [-0.2, 0) is 25.5 Å². The standard InChI is InChI=1S/C14H21N3O4/c15-11-8-16-17(9-11)10-13(18)21-12-1-4-20-14(7-12)2-5-19-6-3-14/h8-9,12H,1-7,10,15H2. The van der Waals surface area contributed by atoms with E-state index in [0.29, 0.717) is 25.5 Å². The number of carbonyl (C=O) groups is 1. The van der Waals surface area contributed by atoms with Gasteiger partial charge in [0, 0.05) is 32.3 Å². The van der Waals surface area contributed by atoms with Crippen molar-refractivity contribution >= 4 is 11.7 Å². The van der Waals surface area contributed by atoms with E-state index in [0.717, 1.165) is 25.7 Å². The van der Waals surface area contributed by atoms with Crippen LogP contribution in [0.25, 0.3) is 0 Å². The quantitative estimate of drug-likeness (QED) is 0.827. The van der Waals surface area contributed by atoms with E-state index < -0.39 is 0 Å². The van der Waals surface area contributed by atoms with Gasteiger partial charge in [0.1, 0.15) is 12.6 Å². The first-order valence-electron chi connectivity index (χ1n) is 7.34. The van der Waals surface area contributed by atoms with Gasteiger partial charge in [0.2, 0.25) is 0 Å². The average molecular weight is 295 g/mol. The molecule has 2 aliphatic heterocycles. The van der Waals surface area contributed by atoms with Crippen molar-refractivity contribution in [2.45, 2.75) is 43.9 Å². The van der Waals surface area contributed by atoms with E-state index in [1.54, 1.807) is 6.20 Å². The predicted molar refractivity (Wildman–Crippen MR) is 74.5 cm³/mol. The average Bonchev–Trinajstić information content (AvgIpc) is 2.85. The van der Waals surface area contributed by atoms with Crippen molar-refractivity contribution in [3.63, 3.8) is 0 Å². The van der Waals surface area contributed by atoms with Gasteiger partial charge in [-0.2, -0.15) is 5.10 Å². The minimum absolute atomic E-state index is 0.0859. The summed E-state index contributed by atoms with van der Waals surface area (Å²) in [6, 6.07) is 0. The van der Waals surface area contributed by atoms with Crippen LogP contribution in [0.4, 0.5) is 5.69 Å². The number of hydrogen-bond donors (Lipinski definition) is 1. The molecule has 7 heteroatoms. The summed E-state index contributed by atoms with van der Waals surface area (Å²) in [5.41, 5.74) is 5.94. The fourth-order valence-corrected chi connectivity index (χ4v) is 3.00. The molecule has 2 N–H and O–H groups in total. The molecule has 0 aromatic carbocycles. The van der Waals surface area contributed by atoms with Crippen LogP contribution in [-0.4, -0.2) is 47.3 Å². The highest BCUT2D eigenvalue weighted by Gasteiger charge is 2.40. The van der Waals surface area contributed by atoms with Crippen molar-refractivity contribution in [3.8, 4) is 0 Å². The summed E-state index contributed by atoms with van der Waals surface area (Å²) in [4.78, 5) is 12.0. The molecule has 2 aliphatic rings. The number of anilines is 1. The summed E-state index contributed by atoms with van der Waals surface area (Å²) in [5.74, 6) is -0.285. The summed E-state index contributed by atoms with van der Waals surface area (Å²) in [5, 5.41) is 3.98. The molecule has 3 rings (SSSR count). The zero-order valence-corrected chi connectivity index (χ0v) is 12.0. The van der Waals surface area contributed by atoms with Gasteiger partial charge >= 0.3 is 5.97 Å². The van der Waals surface area contributed by atoms with E-state index in [-0.39, 0.29) is 24.2 Å². The van der Waals surface area contributed by atoms with Crippen molar-refractivity contribution in [2.24, 2.45) is 0 Å². The van der Waals surface area contributed by atoms with Gasteiger partial charge in [-0.3, -0.25) is 9.48 Å². The highest BCUT2D eigenvalue weighted by atomic mass is 16.6. The van der Waals surface area contributed by atoms with Crippen molar-refractivity contribution in [1.29, 1.82) is 0 Å². The number of hydrogen-bond acceptors (Lipinski definition) is 6. The molecule has 1 aromatic rings. The first kappa shape index (κ1) is 14.3. The number of ether oxygens (including phenoxy) is 3. The number of nitrogen functional groups attached to an aromatic ring is 1. The lowest BCUT2D eigenvalue weighted by Crippen LogP contribution is -2.47. The minimum Gasteiger partial charge on any atom is -0.461 e. The molecule has 0 saturated carbocycles. The molecule has 1 aromatic heterocycles. The highest BCUT2D eigenvalue weighted by Crippen LogP contribution is 2.35. The monoisotopic (exact) mass is 295 g/mol. The van der Waals surface area contributed by atoms with Crippen molar-refractivity contribution in [3.05, 3.63) is 12.4 Å². The Balaban J connectivity index is 1.53. The first-order valence-corrected chi connectivity index (χ1v) is 7.34. The van der Waals surface area contributed by atoms with E-state index >= 15 is 0 Å².